The van der Waals surface area contributed by atoms with Gasteiger partial charge in [-0.3, -0.25) is 9.59 Å². The lowest BCUT2D eigenvalue weighted by atomic mass is 9.74. The molecule has 1 amide bonds. The van der Waals surface area contributed by atoms with Crippen LogP contribution in [0.4, 0.5) is 0 Å². The summed E-state index contributed by atoms with van der Waals surface area (Å²) in [6.07, 6.45) is 1.75. The predicted octanol–water partition coefficient (Wildman–Crippen LogP) is 2.04. The molecule has 1 saturated heterocycles. The summed E-state index contributed by atoms with van der Waals surface area (Å²) in [5, 5.41) is 9.76. The second-order valence-electron chi connectivity index (χ2n) is 7.44. The van der Waals surface area contributed by atoms with Crippen LogP contribution >= 0.6 is 0 Å². The Labute approximate surface area is 146 Å². The molecule has 3 aliphatic rings. The predicted molar refractivity (Wildman–Crippen MR) is 89.7 cm³/mol. The van der Waals surface area contributed by atoms with E-state index in [0.717, 1.165) is 17.5 Å². The first-order chi connectivity index (χ1) is 11.9. The lowest BCUT2D eigenvalue weighted by molar-refractivity contribution is -0.144. The van der Waals surface area contributed by atoms with Crippen LogP contribution in [0, 0.1) is 17.8 Å². The van der Waals surface area contributed by atoms with E-state index in [4.69, 9.17) is 9.47 Å². The van der Waals surface area contributed by atoms with E-state index in [-0.39, 0.29) is 17.7 Å². The Balaban J connectivity index is 1.93. The fourth-order valence-corrected chi connectivity index (χ4v) is 5.55. The molecule has 1 spiro atoms. The van der Waals surface area contributed by atoms with Crippen molar-refractivity contribution in [3.05, 3.63) is 23.3 Å². The van der Waals surface area contributed by atoms with Crippen molar-refractivity contribution < 1.29 is 24.2 Å². The highest BCUT2D eigenvalue weighted by molar-refractivity contribution is 5.84. The van der Waals surface area contributed by atoms with Gasteiger partial charge in [0.1, 0.15) is 0 Å². The largest absolute Gasteiger partial charge is 0.493 e. The van der Waals surface area contributed by atoms with E-state index in [0.29, 0.717) is 30.9 Å². The summed E-state index contributed by atoms with van der Waals surface area (Å²) in [5.74, 6) is -0.0789. The zero-order valence-corrected chi connectivity index (χ0v) is 14.7. The van der Waals surface area contributed by atoms with Gasteiger partial charge in [-0.1, -0.05) is 6.92 Å². The van der Waals surface area contributed by atoms with Crippen LogP contribution in [0.2, 0.25) is 0 Å². The molecule has 1 unspecified atom stereocenters. The molecule has 1 aromatic rings. The first kappa shape index (κ1) is 16.2. The normalized spacial score (nSPS) is 32.8. The van der Waals surface area contributed by atoms with Gasteiger partial charge in [0, 0.05) is 18.9 Å². The number of methoxy groups -OCH3 is 2. The van der Waals surface area contributed by atoms with E-state index >= 15 is 0 Å². The molecule has 25 heavy (non-hydrogen) atoms. The minimum absolute atomic E-state index is 0.0251. The molecular weight excluding hydrogens is 322 g/mol. The minimum Gasteiger partial charge on any atom is -0.493 e. The highest BCUT2D eigenvalue weighted by Crippen LogP contribution is 2.61. The van der Waals surface area contributed by atoms with E-state index in [1.54, 1.807) is 14.2 Å². The van der Waals surface area contributed by atoms with Crippen LogP contribution in [0.25, 0.3) is 0 Å². The highest BCUT2D eigenvalue weighted by Gasteiger charge is 2.65. The molecule has 1 aliphatic carbocycles. The number of hydrogen-bond acceptors (Lipinski definition) is 4. The molecule has 1 N–H and O–H groups in total. The molecule has 0 bridgehead atoms. The van der Waals surface area contributed by atoms with Crippen molar-refractivity contribution in [3.8, 4) is 11.5 Å². The van der Waals surface area contributed by atoms with Crippen LogP contribution in [0.15, 0.2) is 12.1 Å². The van der Waals surface area contributed by atoms with E-state index < -0.39 is 17.4 Å². The molecule has 4 rings (SSSR count). The number of amides is 1. The molecule has 1 saturated carbocycles. The Morgan fingerprint density at radius 2 is 1.96 bits per heavy atom. The fraction of sp³-hybridized carbons (Fsp3) is 0.579. The van der Waals surface area contributed by atoms with Crippen LogP contribution in [0.3, 0.4) is 0 Å². The second kappa shape index (κ2) is 5.38. The molecule has 2 fully saturated rings. The average Bonchev–Trinajstić information content (AvgIpc) is 3.01. The number of carbonyl (C=O) groups is 2. The van der Waals surface area contributed by atoms with E-state index in [1.165, 1.54) is 0 Å². The Morgan fingerprint density at radius 3 is 2.60 bits per heavy atom. The van der Waals surface area contributed by atoms with Gasteiger partial charge in [0.25, 0.3) is 0 Å². The lowest BCUT2D eigenvalue weighted by Gasteiger charge is -2.44. The van der Waals surface area contributed by atoms with Crippen molar-refractivity contribution in [2.24, 2.45) is 17.8 Å². The maximum Gasteiger partial charge on any atom is 0.307 e. The van der Waals surface area contributed by atoms with Gasteiger partial charge in [-0.15, -0.1) is 0 Å². The third kappa shape index (κ3) is 1.96. The van der Waals surface area contributed by atoms with Gasteiger partial charge >= 0.3 is 5.97 Å². The van der Waals surface area contributed by atoms with Crippen LogP contribution in [-0.4, -0.2) is 42.6 Å². The molecule has 6 nitrogen and oxygen atoms in total. The topological polar surface area (TPSA) is 76.1 Å². The van der Waals surface area contributed by atoms with Crippen molar-refractivity contribution >= 4 is 11.9 Å². The molecule has 1 aromatic carbocycles. The minimum atomic E-state index is -0.795. The molecule has 6 heteroatoms. The van der Waals surface area contributed by atoms with Crippen molar-refractivity contribution in [1.82, 2.24) is 4.90 Å². The van der Waals surface area contributed by atoms with Crippen LogP contribution < -0.4 is 9.47 Å². The molecule has 0 radical (unpaired) electrons. The monoisotopic (exact) mass is 345 g/mol. The van der Waals surface area contributed by atoms with Crippen molar-refractivity contribution in [2.75, 3.05) is 20.8 Å². The van der Waals surface area contributed by atoms with E-state index in [2.05, 4.69) is 0 Å². The number of nitrogens with zero attached hydrogens (tertiary/aromatic N) is 1. The maximum atomic E-state index is 12.7. The highest BCUT2D eigenvalue weighted by atomic mass is 16.5. The molecule has 0 aromatic heterocycles. The molecule has 4 atom stereocenters. The lowest BCUT2D eigenvalue weighted by Crippen LogP contribution is -2.49. The molecular formula is C19H23NO5. The van der Waals surface area contributed by atoms with Crippen molar-refractivity contribution in [2.45, 2.75) is 31.7 Å². The third-order valence-electron chi connectivity index (χ3n) is 6.44. The Morgan fingerprint density at radius 1 is 1.28 bits per heavy atom. The van der Waals surface area contributed by atoms with Gasteiger partial charge in [0.05, 0.1) is 25.7 Å². The number of carboxylic acids is 1. The maximum absolute atomic E-state index is 12.7. The second-order valence-corrected chi connectivity index (χ2v) is 7.44. The number of rotatable bonds is 3. The number of benzene rings is 1. The standard InChI is InChI=1S/C19H23NO5/c1-10-9-19-12-7-15(25-3)14(24-2)6-11(12)4-5-20(19)16(21)8-13(19)17(10)18(22)23/h6-7,10,13,17H,4-5,8-9H2,1-3H3,(H,22,23)/t10-,13?,17+,19-/m0/s1. The zero-order chi connectivity index (χ0) is 17.9. The first-order valence-electron chi connectivity index (χ1n) is 8.72. The summed E-state index contributed by atoms with van der Waals surface area (Å²) in [6.45, 7) is 2.63. The van der Waals surface area contributed by atoms with Gasteiger partial charge in [0.15, 0.2) is 11.5 Å². The molecule has 2 aliphatic heterocycles. The van der Waals surface area contributed by atoms with Gasteiger partial charge in [-0.2, -0.15) is 0 Å². The number of fused-ring (bicyclic) bond motifs is 1. The molecule has 2 heterocycles. The quantitative estimate of drug-likeness (QED) is 0.907. The summed E-state index contributed by atoms with van der Waals surface area (Å²) in [4.78, 5) is 26.5. The average molecular weight is 345 g/mol. The zero-order valence-electron chi connectivity index (χ0n) is 14.7. The van der Waals surface area contributed by atoms with E-state index in [1.807, 2.05) is 24.0 Å². The summed E-state index contributed by atoms with van der Waals surface area (Å²) in [5.41, 5.74) is 1.65. The number of carbonyl (C=O) groups excluding carboxylic acids is 1. The van der Waals surface area contributed by atoms with Gasteiger partial charge in [-0.25, -0.2) is 0 Å². The SMILES string of the molecule is COc1cc2c(cc1OC)[C@@]13C[C@H](C)[C@@H](C(=O)O)C1CC(=O)N3CC2. The van der Waals surface area contributed by atoms with Crippen LogP contribution in [0.1, 0.15) is 30.9 Å². The van der Waals surface area contributed by atoms with E-state index in [9.17, 15) is 14.7 Å². The third-order valence-corrected chi connectivity index (χ3v) is 6.44. The van der Waals surface area contributed by atoms with Gasteiger partial charge < -0.3 is 19.5 Å². The van der Waals surface area contributed by atoms with Gasteiger partial charge in [0.2, 0.25) is 5.91 Å². The Bertz CT molecular complexity index is 760. The Hall–Kier alpha value is -2.24. The van der Waals surface area contributed by atoms with Crippen LogP contribution in [0.5, 0.6) is 11.5 Å². The van der Waals surface area contributed by atoms with Crippen LogP contribution in [-0.2, 0) is 21.5 Å². The number of aliphatic carboxylic acids is 1. The summed E-state index contributed by atoms with van der Waals surface area (Å²) in [6, 6.07) is 3.95. The first-order valence-corrected chi connectivity index (χ1v) is 8.72. The fourth-order valence-electron chi connectivity index (χ4n) is 5.55. The smallest absolute Gasteiger partial charge is 0.307 e. The Kier molecular flexibility index (Phi) is 3.49. The van der Waals surface area contributed by atoms with Gasteiger partial charge in [-0.05, 0) is 42.0 Å². The summed E-state index contributed by atoms with van der Waals surface area (Å²) < 4.78 is 10.9. The summed E-state index contributed by atoms with van der Waals surface area (Å²) in [7, 11) is 3.20. The number of ether oxygens (including phenoxy) is 2. The van der Waals surface area contributed by atoms with Crippen molar-refractivity contribution in [1.29, 1.82) is 0 Å². The summed E-state index contributed by atoms with van der Waals surface area (Å²) >= 11 is 0. The molecule has 134 valence electrons. The van der Waals surface area contributed by atoms with Crippen molar-refractivity contribution in [3.63, 3.8) is 0 Å². The number of hydrogen-bond donors (Lipinski definition) is 1. The number of carboxylic acid groups (broad SMARTS) is 1.